The second kappa shape index (κ2) is 10.4. The van der Waals surface area contributed by atoms with Gasteiger partial charge in [-0.3, -0.25) is 10.1 Å². The summed E-state index contributed by atoms with van der Waals surface area (Å²) >= 11 is 17.5. The summed E-state index contributed by atoms with van der Waals surface area (Å²) in [6.45, 7) is 4.05. The molecule has 0 aliphatic rings. The number of ether oxygens (including phenoxy) is 1. The number of nitrogens with one attached hydrogen (secondary N) is 2. The Morgan fingerprint density at radius 3 is 2.59 bits per heavy atom. The predicted octanol–water partition coefficient (Wildman–Crippen LogP) is 7.11. The number of oxazole rings is 1. The first kappa shape index (κ1) is 24.0. The highest BCUT2D eigenvalue weighted by molar-refractivity contribution is 7.80. The molecule has 0 aliphatic heterocycles. The maximum Gasteiger partial charge on any atom is 0.257 e. The molecular formula is C25H21Cl2N3O3S. The first-order valence-electron chi connectivity index (χ1n) is 10.6. The molecule has 9 heteroatoms. The van der Waals surface area contributed by atoms with Gasteiger partial charge in [-0.25, -0.2) is 4.98 Å². The van der Waals surface area contributed by atoms with Gasteiger partial charge in [-0.15, -0.1) is 0 Å². The van der Waals surface area contributed by atoms with Crippen LogP contribution in [0, 0.1) is 0 Å². The first-order chi connectivity index (χ1) is 16.3. The highest BCUT2D eigenvalue weighted by Gasteiger charge is 2.14. The number of hydrogen-bond donors (Lipinski definition) is 2. The number of aromatic nitrogens is 1. The SMILES string of the molecule is CC[C@H](C)Oc1ccc(C(=O)NC(=S)Nc2ccc3oc(-c4ccc(Cl)cc4Cl)nc3c2)cc1. The molecule has 2 N–H and O–H groups in total. The van der Waals surface area contributed by atoms with Gasteiger partial charge in [0.15, 0.2) is 10.7 Å². The molecule has 4 aromatic rings. The molecule has 3 aromatic carbocycles. The van der Waals surface area contributed by atoms with Crippen molar-refractivity contribution in [1.29, 1.82) is 0 Å². The fourth-order valence-corrected chi connectivity index (χ4v) is 3.82. The van der Waals surface area contributed by atoms with Crippen LogP contribution in [0.4, 0.5) is 5.69 Å². The summed E-state index contributed by atoms with van der Waals surface area (Å²) in [7, 11) is 0. The highest BCUT2D eigenvalue weighted by Crippen LogP contribution is 2.32. The molecule has 0 unspecified atom stereocenters. The summed E-state index contributed by atoms with van der Waals surface area (Å²) in [4.78, 5) is 17.0. The van der Waals surface area contributed by atoms with Crippen LogP contribution in [0.15, 0.2) is 65.1 Å². The topological polar surface area (TPSA) is 76.4 Å². The lowest BCUT2D eigenvalue weighted by Crippen LogP contribution is -2.34. The van der Waals surface area contributed by atoms with Crippen molar-refractivity contribution in [3.05, 3.63) is 76.3 Å². The van der Waals surface area contributed by atoms with Crippen LogP contribution in [0.2, 0.25) is 10.0 Å². The Bertz CT molecular complexity index is 1360. The van der Waals surface area contributed by atoms with Crippen LogP contribution in [-0.2, 0) is 0 Å². The Hall–Kier alpha value is -3.13. The number of amides is 1. The van der Waals surface area contributed by atoms with E-state index < -0.39 is 0 Å². The van der Waals surface area contributed by atoms with E-state index in [1.807, 2.05) is 6.92 Å². The van der Waals surface area contributed by atoms with Gasteiger partial charge in [0.1, 0.15) is 11.3 Å². The number of thiocarbonyl (C=S) groups is 1. The zero-order valence-corrected chi connectivity index (χ0v) is 20.7. The van der Waals surface area contributed by atoms with Gasteiger partial charge in [-0.2, -0.15) is 0 Å². The van der Waals surface area contributed by atoms with Crippen LogP contribution >= 0.6 is 35.4 Å². The van der Waals surface area contributed by atoms with E-state index in [0.717, 1.165) is 6.42 Å². The van der Waals surface area contributed by atoms with Crippen molar-refractivity contribution in [2.75, 3.05) is 5.32 Å². The molecule has 1 atom stereocenters. The van der Waals surface area contributed by atoms with Crippen molar-refractivity contribution in [2.45, 2.75) is 26.4 Å². The molecule has 0 aliphatic carbocycles. The molecule has 0 bridgehead atoms. The smallest absolute Gasteiger partial charge is 0.257 e. The lowest BCUT2D eigenvalue weighted by atomic mass is 10.2. The number of halogens is 2. The van der Waals surface area contributed by atoms with E-state index in [1.165, 1.54) is 0 Å². The van der Waals surface area contributed by atoms with Crippen molar-refractivity contribution in [3.63, 3.8) is 0 Å². The standard InChI is InChI=1S/C25H21Cl2N3O3S/c1-3-14(2)32-18-8-4-15(5-9-18)23(31)30-25(34)28-17-7-11-22-21(13-17)29-24(33-22)19-10-6-16(26)12-20(19)27/h4-14H,3H2,1-2H3,(H2,28,30,31,34)/t14-/m0/s1. The monoisotopic (exact) mass is 513 g/mol. The van der Waals surface area contributed by atoms with Gasteiger partial charge in [0.05, 0.1) is 16.7 Å². The summed E-state index contributed by atoms with van der Waals surface area (Å²) in [5, 5.41) is 6.81. The molecule has 0 spiro atoms. The molecule has 0 saturated carbocycles. The van der Waals surface area contributed by atoms with Crippen LogP contribution in [0.1, 0.15) is 30.6 Å². The minimum absolute atomic E-state index is 0.109. The first-order valence-corrected chi connectivity index (χ1v) is 11.7. The number of fused-ring (bicyclic) bond motifs is 1. The average Bonchev–Trinajstić information content (AvgIpc) is 3.22. The third-order valence-electron chi connectivity index (χ3n) is 5.06. The van der Waals surface area contributed by atoms with Gasteiger partial charge >= 0.3 is 0 Å². The third kappa shape index (κ3) is 5.67. The van der Waals surface area contributed by atoms with Crippen molar-refractivity contribution in [1.82, 2.24) is 10.3 Å². The van der Waals surface area contributed by atoms with Crippen molar-refractivity contribution in [3.8, 4) is 17.2 Å². The molecule has 0 saturated heterocycles. The van der Waals surface area contributed by atoms with Gasteiger partial charge in [0, 0.05) is 16.3 Å². The second-order valence-corrected chi connectivity index (χ2v) is 8.85. The predicted molar refractivity (Wildman–Crippen MR) is 140 cm³/mol. The fourth-order valence-electron chi connectivity index (χ4n) is 3.12. The maximum atomic E-state index is 12.5. The lowest BCUT2D eigenvalue weighted by Gasteiger charge is -2.13. The molecule has 1 aromatic heterocycles. The molecule has 1 heterocycles. The second-order valence-electron chi connectivity index (χ2n) is 7.60. The molecule has 0 radical (unpaired) electrons. The van der Waals surface area contributed by atoms with Gasteiger partial charge in [0.25, 0.3) is 5.91 Å². The van der Waals surface area contributed by atoms with Crippen LogP contribution in [-0.4, -0.2) is 22.1 Å². The summed E-state index contributed by atoms with van der Waals surface area (Å²) < 4.78 is 11.6. The molecular weight excluding hydrogens is 493 g/mol. The van der Waals surface area contributed by atoms with Crippen LogP contribution < -0.4 is 15.4 Å². The number of hydrogen-bond acceptors (Lipinski definition) is 5. The number of carbonyl (C=O) groups excluding carboxylic acids is 1. The number of rotatable bonds is 6. The number of benzene rings is 3. The summed E-state index contributed by atoms with van der Waals surface area (Å²) in [6, 6.07) is 17.3. The number of nitrogens with zero attached hydrogens (tertiary/aromatic N) is 1. The maximum absolute atomic E-state index is 12.5. The summed E-state index contributed by atoms with van der Waals surface area (Å²) in [6.07, 6.45) is 1.01. The fraction of sp³-hybridized carbons (Fsp3) is 0.160. The van der Waals surface area contributed by atoms with Gasteiger partial charge in [-0.1, -0.05) is 30.1 Å². The van der Waals surface area contributed by atoms with E-state index in [-0.39, 0.29) is 17.1 Å². The minimum Gasteiger partial charge on any atom is -0.491 e. The minimum atomic E-state index is -0.324. The van der Waals surface area contributed by atoms with Crippen molar-refractivity contribution in [2.24, 2.45) is 0 Å². The van der Waals surface area contributed by atoms with E-state index >= 15 is 0 Å². The summed E-state index contributed by atoms with van der Waals surface area (Å²) in [5.41, 5.74) is 2.95. The van der Waals surface area contributed by atoms with Gasteiger partial charge < -0.3 is 14.5 Å². The van der Waals surface area contributed by atoms with Crippen molar-refractivity contribution < 1.29 is 13.9 Å². The van der Waals surface area contributed by atoms with Crippen LogP contribution in [0.3, 0.4) is 0 Å². The Morgan fingerprint density at radius 2 is 1.88 bits per heavy atom. The largest absolute Gasteiger partial charge is 0.491 e. The zero-order valence-electron chi connectivity index (χ0n) is 18.4. The highest BCUT2D eigenvalue weighted by atomic mass is 35.5. The van der Waals surface area contributed by atoms with Gasteiger partial charge in [-0.05, 0) is 86.2 Å². The molecule has 34 heavy (non-hydrogen) atoms. The van der Waals surface area contributed by atoms with E-state index in [0.29, 0.717) is 49.6 Å². The molecule has 6 nitrogen and oxygen atoms in total. The Morgan fingerprint density at radius 1 is 1.12 bits per heavy atom. The number of anilines is 1. The van der Waals surface area contributed by atoms with E-state index in [1.54, 1.807) is 60.7 Å². The molecule has 1 amide bonds. The average molecular weight is 514 g/mol. The third-order valence-corrected chi connectivity index (χ3v) is 5.81. The molecule has 0 fully saturated rings. The Kier molecular flexibility index (Phi) is 7.36. The molecule has 4 rings (SSSR count). The van der Waals surface area contributed by atoms with Crippen molar-refractivity contribution >= 4 is 63.2 Å². The van der Waals surface area contributed by atoms with E-state index in [2.05, 4.69) is 22.5 Å². The van der Waals surface area contributed by atoms with Crippen LogP contribution in [0.25, 0.3) is 22.6 Å². The molecule has 174 valence electrons. The number of carbonyl (C=O) groups is 1. The lowest BCUT2D eigenvalue weighted by molar-refractivity contribution is 0.0977. The Balaban J connectivity index is 1.42. The van der Waals surface area contributed by atoms with Gasteiger partial charge in [0.2, 0.25) is 5.89 Å². The van der Waals surface area contributed by atoms with E-state index in [4.69, 9.17) is 44.6 Å². The quantitative estimate of drug-likeness (QED) is 0.267. The van der Waals surface area contributed by atoms with Crippen LogP contribution in [0.5, 0.6) is 5.75 Å². The Labute approximate surface area is 212 Å². The zero-order chi connectivity index (χ0) is 24.2. The summed E-state index contributed by atoms with van der Waals surface area (Å²) in [5.74, 6) is 0.770. The normalized spacial score (nSPS) is 11.8. The van der Waals surface area contributed by atoms with E-state index in [9.17, 15) is 4.79 Å².